The number of ketones is 1. The number of para-hydroxylation sites is 1. The number of non-ortho nitro benzene ring substituents is 1. The Bertz CT molecular complexity index is 1460. The van der Waals surface area contributed by atoms with Crippen molar-refractivity contribution in [1.29, 1.82) is 0 Å². The topological polar surface area (TPSA) is 127 Å². The van der Waals surface area contributed by atoms with Gasteiger partial charge in [-0.25, -0.2) is 4.98 Å². The van der Waals surface area contributed by atoms with Gasteiger partial charge in [0.1, 0.15) is 5.58 Å². The van der Waals surface area contributed by atoms with Crippen molar-refractivity contribution < 1.29 is 24.0 Å². The number of fused-ring (bicyclic) bond motifs is 1. The molecule has 2 aromatic carbocycles. The number of nitrogens with zero attached hydrogens (tertiary/aromatic N) is 3. The van der Waals surface area contributed by atoms with Crippen LogP contribution in [-0.2, 0) is 4.79 Å². The van der Waals surface area contributed by atoms with E-state index in [1.54, 1.807) is 37.3 Å². The van der Waals surface area contributed by atoms with Gasteiger partial charge >= 0.3 is 0 Å². The minimum absolute atomic E-state index is 0.0317. The third-order valence-electron chi connectivity index (χ3n) is 5.75. The lowest BCUT2D eigenvalue weighted by atomic mass is 9.95. The van der Waals surface area contributed by atoms with Gasteiger partial charge in [0.25, 0.3) is 11.6 Å². The standard InChI is InChI=1S/C24H17N3O6S/c1-12-13(2)34-24(25-12)26-20(14-7-9-16(10-8-14)27(31)32)19(22(29)23(26)30)21(28)18-11-15-5-3-4-6-17(15)33-18/h3-11,20,29H,1-2H3. The van der Waals surface area contributed by atoms with E-state index in [9.17, 15) is 24.8 Å². The van der Waals surface area contributed by atoms with Gasteiger partial charge in [0.15, 0.2) is 16.7 Å². The molecule has 34 heavy (non-hydrogen) atoms. The second-order valence-corrected chi connectivity index (χ2v) is 8.99. The predicted octanol–water partition coefficient (Wildman–Crippen LogP) is 5.20. The number of nitro benzene ring substituents is 1. The molecule has 0 aliphatic carbocycles. The summed E-state index contributed by atoms with van der Waals surface area (Å²) in [6, 6.07) is 13.1. The van der Waals surface area contributed by atoms with Gasteiger partial charge in [0, 0.05) is 22.4 Å². The lowest BCUT2D eigenvalue weighted by Crippen LogP contribution is -2.31. The predicted molar refractivity (Wildman–Crippen MR) is 125 cm³/mol. The van der Waals surface area contributed by atoms with Crippen molar-refractivity contribution in [3.05, 3.63) is 97.9 Å². The average Bonchev–Trinajstić information content (AvgIpc) is 3.48. The Balaban J connectivity index is 1.66. The van der Waals surface area contributed by atoms with E-state index in [1.807, 2.05) is 6.92 Å². The summed E-state index contributed by atoms with van der Waals surface area (Å²) in [5.74, 6) is -2.18. The number of anilines is 1. The van der Waals surface area contributed by atoms with Crippen molar-refractivity contribution in [3.8, 4) is 0 Å². The van der Waals surface area contributed by atoms with Crippen LogP contribution in [0.15, 0.2) is 70.3 Å². The molecule has 2 aromatic heterocycles. The molecule has 1 aliphatic rings. The SMILES string of the molecule is Cc1nc(N2C(=O)C(O)=C(C(=O)c3cc4ccccc4o3)C2c2ccc([N+](=O)[O-])cc2)sc1C. The second kappa shape index (κ2) is 7.92. The lowest BCUT2D eigenvalue weighted by molar-refractivity contribution is -0.384. The number of carbonyl (C=O) groups is 2. The maximum atomic E-state index is 13.6. The average molecular weight is 475 g/mol. The van der Waals surface area contributed by atoms with Gasteiger partial charge < -0.3 is 9.52 Å². The number of benzene rings is 2. The van der Waals surface area contributed by atoms with E-state index >= 15 is 0 Å². The van der Waals surface area contributed by atoms with Gasteiger partial charge in [-0.2, -0.15) is 0 Å². The summed E-state index contributed by atoms with van der Waals surface area (Å²) in [6.45, 7) is 3.65. The number of rotatable bonds is 5. The molecule has 1 aliphatic heterocycles. The number of amides is 1. The van der Waals surface area contributed by atoms with Crippen LogP contribution in [0.1, 0.15) is 32.7 Å². The highest BCUT2D eigenvalue weighted by atomic mass is 32.1. The lowest BCUT2D eigenvalue weighted by Gasteiger charge is -2.24. The van der Waals surface area contributed by atoms with Crippen LogP contribution in [0.3, 0.4) is 0 Å². The van der Waals surface area contributed by atoms with Crippen LogP contribution in [0.25, 0.3) is 11.0 Å². The molecular formula is C24H17N3O6S. The van der Waals surface area contributed by atoms with Gasteiger partial charge in [-0.1, -0.05) is 18.2 Å². The van der Waals surface area contributed by atoms with Crippen molar-refractivity contribution in [2.45, 2.75) is 19.9 Å². The molecule has 5 rings (SSSR count). The zero-order valence-corrected chi connectivity index (χ0v) is 18.8. The summed E-state index contributed by atoms with van der Waals surface area (Å²) < 4.78 is 5.70. The molecule has 0 radical (unpaired) electrons. The van der Waals surface area contributed by atoms with Crippen molar-refractivity contribution in [2.24, 2.45) is 0 Å². The number of aryl methyl sites for hydroxylation is 2. The van der Waals surface area contributed by atoms with E-state index in [0.29, 0.717) is 27.4 Å². The highest BCUT2D eigenvalue weighted by molar-refractivity contribution is 7.15. The van der Waals surface area contributed by atoms with Gasteiger partial charge in [-0.05, 0) is 43.7 Å². The van der Waals surface area contributed by atoms with Crippen molar-refractivity contribution in [2.75, 3.05) is 4.90 Å². The third-order valence-corrected chi connectivity index (χ3v) is 6.82. The zero-order valence-electron chi connectivity index (χ0n) is 18.0. The van der Waals surface area contributed by atoms with Crippen LogP contribution in [0.5, 0.6) is 0 Å². The Kier molecular flexibility index (Phi) is 5.02. The Labute approximate surface area is 196 Å². The van der Waals surface area contributed by atoms with E-state index in [2.05, 4.69) is 4.98 Å². The first-order valence-corrected chi connectivity index (χ1v) is 11.1. The fraction of sp³-hybridized carbons (Fsp3) is 0.125. The number of aliphatic hydroxyl groups excluding tert-OH is 1. The van der Waals surface area contributed by atoms with E-state index < -0.39 is 28.4 Å². The van der Waals surface area contributed by atoms with Crippen molar-refractivity contribution in [3.63, 3.8) is 0 Å². The molecule has 1 N–H and O–H groups in total. The van der Waals surface area contributed by atoms with Crippen LogP contribution in [-0.4, -0.2) is 26.7 Å². The van der Waals surface area contributed by atoms with Crippen LogP contribution in [0.2, 0.25) is 0 Å². The molecule has 4 aromatic rings. The number of carbonyl (C=O) groups excluding carboxylic acids is 2. The van der Waals surface area contributed by atoms with E-state index in [4.69, 9.17) is 4.42 Å². The molecule has 0 saturated heterocycles. The Hall–Kier alpha value is -4.31. The summed E-state index contributed by atoms with van der Waals surface area (Å²) in [5.41, 5.74) is 1.30. The molecule has 0 bridgehead atoms. The number of thiazole rings is 1. The van der Waals surface area contributed by atoms with E-state index in [1.165, 1.54) is 40.5 Å². The first kappa shape index (κ1) is 21.5. The van der Waals surface area contributed by atoms with Crippen LogP contribution < -0.4 is 4.90 Å². The number of furan rings is 1. The first-order valence-electron chi connectivity index (χ1n) is 10.2. The summed E-state index contributed by atoms with van der Waals surface area (Å²) >= 11 is 1.25. The maximum Gasteiger partial charge on any atom is 0.296 e. The fourth-order valence-corrected chi connectivity index (χ4v) is 4.85. The second-order valence-electron chi connectivity index (χ2n) is 7.80. The molecule has 170 valence electrons. The molecule has 1 unspecified atom stereocenters. The maximum absolute atomic E-state index is 13.6. The minimum atomic E-state index is -1.04. The van der Waals surface area contributed by atoms with Gasteiger partial charge in [-0.15, -0.1) is 11.3 Å². The quantitative estimate of drug-likeness (QED) is 0.239. The molecule has 0 fully saturated rings. The Morgan fingerprint density at radius 3 is 2.50 bits per heavy atom. The molecule has 9 nitrogen and oxygen atoms in total. The number of aromatic nitrogens is 1. The largest absolute Gasteiger partial charge is 0.503 e. The molecule has 3 heterocycles. The number of hydrogen-bond donors (Lipinski definition) is 1. The smallest absolute Gasteiger partial charge is 0.296 e. The fourth-order valence-electron chi connectivity index (χ4n) is 3.91. The Morgan fingerprint density at radius 1 is 1.18 bits per heavy atom. The summed E-state index contributed by atoms with van der Waals surface area (Å²) in [6.07, 6.45) is 0. The third kappa shape index (κ3) is 3.35. The molecule has 10 heteroatoms. The van der Waals surface area contributed by atoms with Gasteiger partial charge in [0.2, 0.25) is 5.78 Å². The van der Waals surface area contributed by atoms with Crippen molar-refractivity contribution >= 4 is 44.8 Å². The minimum Gasteiger partial charge on any atom is -0.503 e. The van der Waals surface area contributed by atoms with Gasteiger partial charge in [-0.3, -0.25) is 24.6 Å². The number of Topliss-reactive ketones (excluding diaryl/α,β-unsaturated/α-hetero) is 1. The van der Waals surface area contributed by atoms with E-state index in [-0.39, 0.29) is 17.0 Å². The number of nitro groups is 1. The summed E-state index contributed by atoms with van der Waals surface area (Å²) in [5, 5.41) is 23.0. The molecule has 1 amide bonds. The monoisotopic (exact) mass is 475 g/mol. The van der Waals surface area contributed by atoms with Crippen molar-refractivity contribution in [1.82, 2.24) is 4.98 Å². The van der Waals surface area contributed by atoms with Crippen LogP contribution >= 0.6 is 11.3 Å². The Morgan fingerprint density at radius 2 is 1.88 bits per heavy atom. The number of hydrogen-bond acceptors (Lipinski definition) is 8. The highest BCUT2D eigenvalue weighted by Gasteiger charge is 2.46. The molecule has 0 spiro atoms. The normalized spacial score (nSPS) is 16.0. The highest BCUT2D eigenvalue weighted by Crippen LogP contribution is 2.44. The number of aliphatic hydroxyl groups is 1. The summed E-state index contributed by atoms with van der Waals surface area (Å²) in [4.78, 5) is 43.9. The zero-order chi connectivity index (χ0) is 24.1. The van der Waals surface area contributed by atoms with Gasteiger partial charge in [0.05, 0.1) is 22.2 Å². The molecule has 0 saturated carbocycles. The van der Waals surface area contributed by atoms with Crippen LogP contribution in [0.4, 0.5) is 10.8 Å². The molecular weight excluding hydrogens is 458 g/mol. The molecule has 1 atom stereocenters. The van der Waals surface area contributed by atoms with E-state index in [0.717, 1.165) is 4.88 Å². The summed E-state index contributed by atoms with van der Waals surface area (Å²) in [7, 11) is 0. The van der Waals surface area contributed by atoms with Crippen LogP contribution in [0, 0.1) is 24.0 Å². The first-order chi connectivity index (χ1) is 16.3.